The van der Waals surface area contributed by atoms with Crippen LogP contribution in [-0.4, -0.2) is 16.6 Å². The number of anilines is 1. The number of hydrogen-bond acceptors (Lipinski definition) is 5. The summed E-state index contributed by atoms with van der Waals surface area (Å²) in [7, 11) is 0. The van der Waals surface area contributed by atoms with Crippen LogP contribution >= 0.6 is 0 Å². The predicted octanol–water partition coefficient (Wildman–Crippen LogP) is 4.34. The first-order valence-electron chi connectivity index (χ1n) is 9.90. The summed E-state index contributed by atoms with van der Waals surface area (Å²) < 4.78 is 13.2. The predicted molar refractivity (Wildman–Crippen MR) is 113 cm³/mol. The van der Waals surface area contributed by atoms with E-state index in [0.717, 1.165) is 5.70 Å². The molecule has 1 atom stereocenters. The van der Waals surface area contributed by atoms with E-state index in [9.17, 15) is 24.1 Å². The minimum Gasteiger partial charge on any atom is -0.362 e. The lowest BCUT2D eigenvalue weighted by Gasteiger charge is -2.34. The van der Waals surface area contributed by atoms with Crippen molar-refractivity contribution in [2.24, 2.45) is 0 Å². The molecule has 2 aliphatic rings. The zero-order valence-corrected chi connectivity index (χ0v) is 16.8. The summed E-state index contributed by atoms with van der Waals surface area (Å²) in [5, 5.41) is 17.3. The molecular formula is C23H20FN3O4. The van der Waals surface area contributed by atoms with Gasteiger partial charge in [0.05, 0.1) is 4.92 Å². The minimum absolute atomic E-state index is 0.0789. The second kappa shape index (κ2) is 8.14. The molecule has 1 aliphatic carbocycles. The number of nitrogens with one attached hydrogen (secondary N) is 2. The quantitative estimate of drug-likeness (QED) is 0.565. The Morgan fingerprint density at radius 1 is 1.19 bits per heavy atom. The number of amides is 1. The van der Waals surface area contributed by atoms with Gasteiger partial charge in [0.2, 0.25) is 0 Å². The Bertz CT molecular complexity index is 1150. The molecule has 2 N–H and O–H groups in total. The van der Waals surface area contributed by atoms with Crippen molar-refractivity contribution in [2.45, 2.75) is 32.1 Å². The number of carbonyl (C=O) groups excluding carboxylic acids is 2. The van der Waals surface area contributed by atoms with Gasteiger partial charge in [0, 0.05) is 52.7 Å². The molecule has 2 aromatic rings. The summed E-state index contributed by atoms with van der Waals surface area (Å²) >= 11 is 0. The van der Waals surface area contributed by atoms with Crippen LogP contribution in [0.1, 0.15) is 37.7 Å². The highest BCUT2D eigenvalue weighted by atomic mass is 19.1. The molecule has 158 valence electrons. The molecule has 0 fully saturated rings. The first-order valence-corrected chi connectivity index (χ1v) is 9.90. The SMILES string of the molecule is CC1=C(C(=O)Nc2ccc(F)cc2)[C@H](c2cccc([N+](=O)[O-])c2)C2=C(CCCC2=O)N1. The van der Waals surface area contributed by atoms with Crippen LogP contribution in [0.5, 0.6) is 0 Å². The van der Waals surface area contributed by atoms with Crippen molar-refractivity contribution in [3.63, 3.8) is 0 Å². The van der Waals surface area contributed by atoms with Crippen molar-refractivity contribution in [1.82, 2.24) is 5.32 Å². The van der Waals surface area contributed by atoms with Crippen LogP contribution in [-0.2, 0) is 9.59 Å². The fraction of sp³-hybridized carbons (Fsp3) is 0.217. The fourth-order valence-electron chi connectivity index (χ4n) is 4.17. The number of allylic oxidation sites excluding steroid dienone is 3. The van der Waals surface area contributed by atoms with E-state index in [1.807, 2.05) is 0 Å². The number of Topliss-reactive ketones (excluding diaryl/α,β-unsaturated/α-hetero) is 1. The van der Waals surface area contributed by atoms with Gasteiger partial charge in [-0.3, -0.25) is 19.7 Å². The standard InChI is InChI=1S/C23H20FN3O4/c1-13-20(23(29)26-16-10-8-15(24)9-11-16)21(14-4-2-5-17(12-14)27(30)31)22-18(25-13)6-3-7-19(22)28/h2,4-5,8-12,21,25H,3,6-7H2,1H3,(H,26,29)/t21-/m0/s1. The number of benzene rings is 2. The Labute approximate surface area is 177 Å². The van der Waals surface area contributed by atoms with Gasteiger partial charge in [-0.2, -0.15) is 0 Å². The Hall–Kier alpha value is -3.81. The second-order valence-corrected chi connectivity index (χ2v) is 7.58. The third kappa shape index (κ3) is 3.96. The molecule has 7 nitrogen and oxygen atoms in total. The number of nitro groups is 1. The summed E-state index contributed by atoms with van der Waals surface area (Å²) in [5.74, 6) is -1.70. The summed E-state index contributed by atoms with van der Waals surface area (Å²) in [5.41, 5.74) is 2.90. The van der Waals surface area contributed by atoms with Crippen LogP contribution in [0.2, 0.25) is 0 Å². The van der Waals surface area contributed by atoms with E-state index in [0.29, 0.717) is 47.4 Å². The molecule has 31 heavy (non-hydrogen) atoms. The molecule has 1 heterocycles. The number of ketones is 1. The molecule has 0 saturated carbocycles. The van der Waals surface area contributed by atoms with Gasteiger partial charge in [-0.1, -0.05) is 12.1 Å². The monoisotopic (exact) mass is 421 g/mol. The van der Waals surface area contributed by atoms with E-state index < -0.39 is 22.6 Å². The van der Waals surface area contributed by atoms with Crippen molar-refractivity contribution in [3.8, 4) is 0 Å². The van der Waals surface area contributed by atoms with Gasteiger partial charge in [0.25, 0.3) is 11.6 Å². The molecule has 0 radical (unpaired) electrons. The number of non-ortho nitro benzene ring substituents is 1. The molecule has 0 aromatic heterocycles. The van der Waals surface area contributed by atoms with Crippen LogP contribution in [0.3, 0.4) is 0 Å². The summed E-state index contributed by atoms with van der Waals surface area (Å²) in [6.45, 7) is 1.74. The van der Waals surface area contributed by atoms with E-state index in [1.165, 1.54) is 36.4 Å². The number of rotatable bonds is 4. The average Bonchev–Trinajstić information content (AvgIpc) is 2.74. The maximum atomic E-state index is 13.3. The normalized spacial score (nSPS) is 18.4. The van der Waals surface area contributed by atoms with Crippen molar-refractivity contribution >= 4 is 23.1 Å². The van der Waals surface area contributed by atoms with Crippen LogP contribution in [0.15, 0.2) is 71.1 Å². The van der Waals surface area contributed by atoms with E-state index in [2.05, 4.69) is 10.6 Å². The topological polar surface area (TPSA) is 101 Å². The Balaban J connectivity index is 1.80. The fourth-order valence-corrected chi connectivity index (χ4v) is 4.17. The van der Waals surface area contributed by atoms with Crippen LogP contribution in [0.4, 0.5) is 15.8 Å². The number of dihydropyridines is 1. The Morgan fingerprint density at radius 3 is 2.65 bits per heavy atom. The van der Waals surface area contributed by atoms with Gasteiger partial charge in [-0.25, -0.2) is 4.39 Å². The molecule has 1 amide bonds. The molecule has 2 aromatic carbocycles. The highest BCUT2D eigenvalue weighted by Crippen LogP contribution is 2.43. The number of nitrogens with zero attached hydrogens (tertiary/aromatic N) is 1. The Kier molecular flexibility index (Phi) is 5.37. The highest BCUT2D eigenvalue weighted by Gasteiger charge is 2.38. The van der Waals surface area contributed by atoms with Gasteiger partial charge in [0.15, 0.2) is 5.78 Å². The zero-order chi connectivity index (χ0) is 22.1. The third-order valence-electron chi connectivity index (χ3n) is 5.54. The van der Waals surface area contributed by atoms with Crippen LogP contribution in [0.25, 0.3) is 0 Å². The van der Waals surface area contributed by atoms with Crippen molar-refractivity contribution in [3.05, 3.63) is 92.6 Å². The number of nitro benzene ring substituents is 1. The minimum atomic E-state index is -0.732. The molecule has 0 saturated heterocycles. The van der Waals surface area contributed by atoms with Gasteiger partial charge < -0.3 is 10.6 Å². The van der Waals surface area contributed by atoms with E-state index in [-0.39, 0.29) is 11.5 Å². The van der Waals surface area contributed by atoms with Crippen molar-refractivity contribution in [2.75, 3.05) is 5.32 Å². The lowest BCUT2D eigenvalue weighted by Crippen LogP contribution is -2.35. The number of hydrogen-bond donors (Lipinski definition) is 2. The van der Waals surface area contributed by atoms with Gasteiger partial charge >= 0.3 is 0 Å². The lowest BCUT2D eigenvalue weighted by atomic mass is 9.75. The van der Waals surface area contributed by atoms with Crippen LogP contribution < -0.4 is 10.6 Å². The van der Waals surface area contributed by atoms with Gasteiger partial charge in [0.1, 0.15) is 5.82 Å². The lowest BCUT2D eigenvalue weighted by molar-refractivity contribution is -0.384. The largest absolute Gasteiger partial charge is 0.362 e. The molecule has 0 unspecified atom stereocenters. The maximum absolute atomic E-state index is 13.3. The van der Waals surface area contributed by atoms with E-state index in [1.54, 1.807) is 19.1 Å². The maximum Gasteiger partial charge on any atom is 0.269 e. The van der Waals surface area contributed by atoms with Gasteiger partial charge in [-0.15, -0.1) is 0 Å². The summed E-state index contributed by atoms with van der Waals surface area (Å²) in [4.78, 5) is 37.0. The van der Waals surface area contributed by atoms with E-state index in [4.69, 9.17) is 0 Å². The smallest absolute Gasteiger partial charge is 0.269 e. The number of halogens is 1. The Morgan fingerprint density at radius 2 is 1.94 bits per heavy atom. The second-order valence-electron chi connectivity index (χ2n) is 7.58. The van der Waals surface area contributed by atoms with Crippen molar-refractivity contribution in [1.29, 1.82) is 0 Å². The summed E-state index contributed by atoms with van der Waals surface area (Å²) in [6.07, 6.45) is 1.73. The van der Waals surface area contributed by atoms with Crippen molar-refractivity contribution < 1.29 is 18.9 Å². The third-order valence-corrected chi connectivity index (χ3v) is 5.54. The first-order chi connectivity index (χ1) is 14.8. The summed E-state index contributed by atoms with van der Waals surface area (Å²) in [6, 6.07) is 11.4. The first kappa shape index (κ1) is 20.5. The zero-order valence-electron chi connectivity index (χ0n) is 16.8. The highest BCUT2D eigenvalue weighted by molar-refractivity contribution is 6.09. The van der Waals surface area contributed by atoms with Gasteiger partial charge in [-0.05, 0) is 49.6 Å². The molecule has 4 rings (SSSR count). The number of carbonyl (C=O) groups is 2. The molecule has 1 aliphatic heterocycles. The molecular weight excluding hydrogens is 401 g/mol. The van der Waals surface area contributed by atoms with Crippen LogP contribution in [0, 0.1) is 15.9 Å². The molecule has 0 spiro atoms. The molecule has 8 heteroatoms. The average molecular weight is 421 g/mol. The molecule has 0 bridgehead atoms. The van der Waals surface area contributed by atoms with E-state index >= 15 is 0 Å².